The van der Waals surface area contributed by atoms with Crippen LogP contribution in [0.2, 0.25) is 0 Å². The van der Waals surface area contributed by atoms with Crippen LogP contribution in [0, 0.1) is 0 Å². The van der Waals surface area contributed by atoms with Crippen LogP contribution in [0.3, 0.4) is 0 Å². The van der Waals surface area contributed by atoms with Gasteiger partial charge < -0.3 is 14.7 Å². The van der Waals surface area contributed by atoms with Crippen molar-refractivity contribution < 1.29 is 9.59 Å². The van der Waals surface area contributed by atoms with Crippen LogP contribution >= 0.6 is 0 Å². The van der Waals surface area contributed by atoms with Crippen molar-refractivity contribution in [3.8, 4) is 0 Å². The number of nitrogens with one attached hydrogen (secondary N) is 1. The summed E-state index contributed by atoms with van der Waals surface area (Å²) in [4.78, 5) is 35.2. The lowest BCUT2D eigenvalue weighted by molar-refractivity contribution is -0.127. The van der Waals surface area contributed by atoms with Gasteiger partial charge in [0.05, 0.1) is 0 Å². The second-order valence-electron chi connectivity index (χ2n) is 7.35. The van der Waals surface area contributed by atoms with E-state index in [9.17, 15) is 9.59 Å². The van der Waals surface area contributed by atoms with Gasteiger partial charge in [0, 0.05) is 26.7 Å². The lowest BCUT2D eigenvalue weighted by atomic mass is 10.1. The van der Waals surface area contributed by atoms with E-state index in [0.29, 0.717) is 0 Å². The second kappa shape index (κ2) is 8.06. The molecule has 0 spiro atoms. The quantitative estimate of drug-likeness (QED) is 0.714. The van der Waals surface area contributed by atoms with Crippen molar-refractivity contribution >= 4 is 17.9 Å². The van der Waals surface area contributed by atoms with E-state index in [-0.39, 0.29) is 18.0 Å². The van der Waals surface area contributed by atoms with Gasteiger partial charge in [0.25, 0.3) is 5.91 Å². The molecule has 0 aromatic carbocycles. The minimum atomic E-state index is -0.392. The molecule has 140 valence electrons. The fourth-order valence-electron chi connectivity index (χ4n) is 3.99. The van der Waals surface area contributed by atoms with Gasteiger partial charge in [-0.05, 0) is 19.3 Å². The lowest BCUT2D eigenvalue weighted by Gasteiger charge is -2.37. The van der Waals surface area contributed by atoms with E-state index in [2.05, 4.69) is 22.0 Å². The summed E-state index contributed by atoms with van der Waals surface area (Å²) in [7, 11) is 1.72. The molecule has 2 atom stereocenters. The van der Waals surface area contributed by atoms with Gasteiger partial charge in [0.2, 0.25) is 0 Å². The Bertz CT molecular complexity index is 530. The molecule has 3 amide bonds. The molecule has 3 aliphatic rings. The Morgan fingerprint density at radius 1 is 1.08 bits per heavy atom. The molecule has 25 heavy (non-hydrogen) atoms. The van der Waals surface area contributed by atoms with Crippen LogP contribution in [0.25, 0.3) is 0 Å². The van der Waals surface area contributed by atoms with Crippen molar-refractivity contribution in [2.24, 2.45) is 4.99 Å². The van der Waals surface area contributed by atoms with Crippen molar-refractivity contribution in [1.82, 2.24) is 20.0 Å². The fraction of sp³-hybridized carbons (Fsp3) is 0.833. The molecule has 7 heteroatoms. The maximum absolute atomic E-state index is 12.5. The van der Waals surface area contributed by atoms with Crippen LogP contribution in [-0.4, -0.2) is 71.5 Å². The van der Waals surface area contributed by atoms with Gasteiger partial charge in [-0.2, -0.15) is 0 Å². The molecule has 2 unspecified atom stereocenters. The minimum Gasteiger partial charge on any atom is -0.343 e. The molecular weight excluding hydrogens is 318 g/mol. The third kappa shape index (κ3) is 3.75. The highest BCUT2D eigenvalue weighted by molar-refractivity contribution is 6.03. The zero-order chi connectivity index (χ0) is 17.8. The van der Waals surface area contributed by atoms with E-state index in [1.54, 1.807) is 11.9 Å². The Kier molecular flexibility index (Phi) is 5.81. The molecule has 0 bridgehead atoms. The van der Waals surface area contributed by atoms with Crippen LogP contribution in [-0.2, 0) is 4.79 Å². The van der Waals surface area contributed by atoms with E-state index >= 15 is 0 Å². The van der Waals surface area contributed by atoms with Gasteiger partial charge in [0.15, 0.2) is 18.2 Å². The predicted molar refractivity (Wildman–Crippen MR) is 97.2 cm³/mol. The van der Waals surface area contributed by atoms with Gasteiger partial charge in [0.1, 0.15) is 0 Å². The van der Waals surface area contributed by atoms with Crippen LogP contribution in [0.1, 0.15) is 58.3 Å². The van der Waals surface area contributed by atoms with Crippen LogP contribution in [0.5, 0.6) is 0 Å². The molecule has 2 fully saturated rings. The largest absolute Gasteiger partial charge is 0.343 e. The molecule has 0 aromatic rings. The Morgan fingerprint density at radius 2 is 1.76 bits per heavy atom. The first kappa shape index (κ1) is 18.0. The fourth-order valence-corrected chi connectivity index (χ4v) is 3.99. The highest BCUT2D eigenvalue weighted by Crippen LogP contribution is 2.27. The molecule has 1 N–H and O–H groups in total. The summed E-state index contributed by atoms with van der Waals surface area (Å²) in [6.45, 7) is 5.04. The van der Waals surface area contributed by atoms with Gasteiger partial charge >= 0.3 is 6.03 Å². The van der Waals surface area contributed by atoms with E-state index in [4.69, 9.17) is 4.99 Å². The topological polar surface area (TPSA) is 68.2 Å². The number of unbranched alkanes of at least 4 members (excludes halogenated alkanes) is 5. The average molecular weight is 349 g/mol. The van der Waals surface area contributed by atoms with E-state index in [0.717, 1.165) is 32.0 Å². The Morgan fingerprint density at radius 3 is 2.48 bits per heavy atom. The zero-order valence-electron chi connectivity index (χ0n) is 15.5. The molecule has 3 rings (SSSR count). The number of hydrogen-bond donors (Lipinski definition) is 1. The first-order chi connectivity index (χ1) is 12.1. The molecular formula is C18H31N5O2. The summed E-state index contributed by atoms with van der Waals surface area (Å²) >= 11 is 0. The minimum absolute atomic E-state index is 0.211. The highest BCUT2D eigenvalue weighted by Gasteiger charge is 2.49. The molecule has 0 aliphatic carbocycles. The normalized spacial score (nSPS) is 26.2. The average Bonchev–Trinajstić information content (AvgIpc) is 3.23. The molecule has 3 heterocycles. The third-order valence-corrected chi connectivity index (χ3v) is 5.48. The first-order valence-corrected chi connectivity index (χ1v) is 9.80. The monoisotopic (exact) mass is 349 g/mol. The zero-order valence-corrected chi connectivity index (χ0v) is 15.5. The highest BCUT2D eigenvalue weighted by atomic mass is 16.2. The van der Waals surface area contributed by atoms with Gasteiger partial charge in [-0.15, -0.1) is 0 Å². The summed E-state index contributed by atoms with van der Waals surface area (Å²) in [5, 5.41) is 2.47. The summed E-state index contributed by atoms with van der Waals surface area (Å²) in [6.07, 6.45) is 9.26. The third-order valence-electron chi connectivity index (χ3n) is 5.48. The number of nitrogens with zero attached hydrogens (tertiary/aromatic N) is 4. The molecule has 7 nitrogen and oxygen atoms in total. The lowest BCUT2D eigenvalue weighted by Crippen LogP contribution is -2.64. The number of hydrogen-bond acceptors (Lipinski definition) is 5. The molecule has 2 saturated heterocycles. The van der Waals surface area contributed by atoms with Crippen molar-refractivity contribution in [1.29, 1.82) is 0 Å². The predicted octanol–water partition coefficient (Wildman–Crippen LogP) is 1.99. The number of imide groups is 1. The molecule has 0 radical (unpaired) electrons. The smallest absolute Gasteiger partial charge is 0.325 e. The molecule has 0 saturated carbocycles. The molecule has 0 aromatic heterocycles. The molecule has 3 aliphatic heterocycles. The summed E-state index contributed by atoms with van der Waals surface area (Å²) < 4.78 is 0. The van der Waals surface area contributed by atoms with Crippen LogP contribution in [0.4, 0.5) is 4.79 Å². The number of fused-ring (bicyclic) bond motifs is 1. The number of aliphatic imine (C=N–C) groups is 1. The van der Waals surface area contributed by atoms with Gasteiger partial charge in [-0.3, -0.25) is 10.1 Å². The number of urea groups is 1. The number of carbonyl (C=O) groups excluding carboxylic acids is 2. The summed E-state index contributed by atoms with van der Waals surface area (Å²) in [5.41, 5.74) is 0. The van der Waals surface area contributed by atoms with Crippen molar-refractivity contribution in [2.75, 3.05) is 26.7 Å². The summed E-state index contributed by atoms with van der Waals surface area (Å²) in [6, 6.07) is -0.730. The van der Waals surface area contributed by atoms with Gasteiger partial charge in [-0.1, -0.05) is 39.0 Å². The number of likely N-dealkylation sites (tertiary alicyclic amines) is 1. The Labute approximate surface area is 150 Å². The number of rotatable bonds is 7. The van der Waals surface area contributed by atoms with Crippen molar-refractivity contribution in [2.45, 2.75) is 70.5 Å². The maximum Gasteiger partial charge on any atom is 0.325 e. The number of guanidine groups is 1. The SMILES string of the molecule is CCCCCCCCN1C(N2CCCC2)=NC2C1C(=O)NC(=O)N2C. The van der Waals surface area contributed by atoms with Crippen LogP contribution in [0.15, 0.2) is 4.99 Å². The van der Waals surface area contributed by atoms with Crippen molar-refractivity contribution in [3.63, 3.8) is 0 Å². The standard InChI is InChI=1S/C18H31N5O2/c1-3-4-5-6-7-8-13-23-14-15(21(2)18(25)20-16(14)24)19-17(23)22-11-9-10-12-22/h14-15H,3-13H2,1-2H3,(H,20,24,25). The summed E-state index contributed by atoms with van der Waals surface area (Å²) in [5.74, 6) is 0.704. The second-order valence-corrected chi connectivity index (χ2v) is 7.35. The van der Waals surface area contributed by atoms with Crippen molar-refractivity contribution in [3.05, 3.63) is 0 Å². The first-order valence-electron chi connectivity index (χ1n) is 9.80. The maximum atomic E-state index is 12.5. The Balaban J connectivity index is 1.67. The van der Waals surface area contributed by atoms with Crippen LogP contribution < -0.4 is 5.32 Å². The van der Waals surface area contributed by atoms with E-state index < -0.39 is 6.17 Å². The number of likely N-dealkylation sites (N-methyl/N-ethyl adjacent to an activating group) is 1. The van der Waals surface area contributed by atoms with Gasteiger partial charge in [-0.25, -0.2) is 9.79 Å². The Hall–Kier alpha value is -1.79. The van der Waals surface area contributed by atoms with E-state index in [1.807, 2.05) is 0 Å². The number of carbonyl (C=O) groups is 2. The van der Waals surface area contributed by atoms with E-state index in [1.165, 1.54) is 44.9 Å². The number of amides is 3.